The summed E-state index contributed by atoms with van der Waals surface area (Å²) < 4.78 is 1.34. The number of anilines is 1. The molecule has 214 valence electrons. The number of piperidine rings is 1. The van der Waals surface area contributed by atoms with E-state index in [1.165, 1.54) is 16.8 Å². The van der Waals surface area contributed by atoms with Gasteiger partial charge >= 0.3 is 11.7 Å². The lowest BCUT2D eigenvalue weighted by Crippen LogP contribution is -2.58. The van der Waals surface area contributed by atoms with E-state index in [1.54, 1.807) is 47.9 Å². The van der Waals surface area contributed by atoms with Crippen molar-refractivity contribution in [1.82, 2.24) is 24.3 Å². The molecule has 2 aromatic rings. The van der Waals surface area contributed by atoms with Crippen molar-refractivity contribution in [1.29, 1.82) is 0 Å². The first-order valence-corrected chi connectivity index (χ1v) is 13.6. The highest BCUT2D eigenvalue weighted by molar-refractivity contribution is 5.89. The second-order valence-corrected chi connectivity index (χ2v) is 11.4. The molecule has 2 saturated heterocycles. The summed E-state index contributed by atoms with van der Waals surface area (Å²) in [6.07, 6.45) is 1.52. The molecule has 40 heavy (non-hydrogen) atoms. The van der Waals surface area contributed by atoms with E-state index in [0.29, 0.717) is 74.8 Å². The number of carbonyl (C=O) groups excluding carboxylic acids is 3. The highest BCUT2D eigenvalue weighted by atomic mass is 16.2. The molecule has 3 heterocycles. The number of carbonyl (C=O) groups is 3. The smallest absolute Gasteiger partial charge is 0.340 e. The van der Waals surface area contributed by atoms with Gasteiger partial charge in [0.05, 0.1) is 11.2 Å². The maximum atomic E-state index is 12.9. The minimum atomic E-state index is -0.967. The lowest BCUT2D eigenvalue weighted by atomic mass is 10.1. The van der Waals surface area contributed by atoms with Crippen molar-refractivity contribution in [2.45, 2.75) is 25.4 Å². The fourth-order valence-electron chi connectivity index (χ4n) is 5.74. The van der Waals surface area contributed by atoms with Crippen molar-refractivity contribution in [3.05, 3.63) is 52.6 Å². The summed E-state index contributed by atoms with van der Waals surface area (Å²) in [5.41, 5.74) is 17.6. The average Bonchev–Trinajstić information content (AvgIpc) is 3.41. The fraction of sp³-hybridized carbons (Fsp3) is 0.519. The lowest BCUT2D eigenvalue weighted by molar-refractivity contribution is -0.137. The molecule has 3 fully saturated rings. The Labute approximate surface area is 232 Å². The molecule has 0 spiro atoms. The summed E-state index contributed by atoms with van der Waals surface area (Å²) in [4.78, 5) is 59.7. The summed E-state index contributed by atoms with van der Waals surface area (Å²) >= 11 is 0. The van der Waals surface area contributed by atoms with Crippen LogP contribution in [0, 0.1) is 17.8 Å². The Balaban J connectivity index is 1.16. The molecule has 1 saturated carbocycles. The average molecular weight is 552 g/mol. The lowest BCUT2D eigenvalue weighted by Gasteiger charge is -2.37. The first-order valence-electron chi connectivity index (χ1n) is 13.6. The standard InChI is InChI=1S/C27H37N9O4/c1-27(2,30)24(38)33-9-11-34(12-10-33)25(39)31-21-7-8-36(26(40)32-21)17-5-3-16(4-6-17)22(29)23(37)35-14-19-18(13-28)20(19)15-35/h3-8,18-20,22H,9-15,28-30H2,1-2H3,(H,31,32,39,40)/t18?,19-,20?,22?/m1/s1. The van der Waals surface area contributed by atoms with Crippen LogP contribution in [0.1, 0.15) is 25.5 Å². The van der Waals surface area contributed by atoms with Gasteiger partial charge in [-0.1, -0.05) is 12.1 Å². The van der Waals surface area contributed by atoms with Gasteiger partial charge in [0, 0.05) is 45.5 Å². The van der Waals surface area contributed by atoms with Gasteiger partial charge in [-0.05, 0) is 61.9 Å². The van der Waals surface area contributed by atoms with Crippen LogP contribution in [-0.2, 0) is 9.59 Å². The molecule has 2 aliphatic heterocycles. The Bertz CT molecular complexity index is 1330. The largest absolute Gasteiger partial charge is 0.354 e. The summed E-state index contributed by atoms with van der Waals surface area (Å²) in [7, 11) is 0. The maximum absolute atomic E-state index is 12.9. The highest BCUT2D eigenvalue weighted by Crippen LogP contribution is 2.51. The monoisotopic (exact) mass is 551 g/mol. The van der Waals surface area contributed by atoms with Gasteiger partial charge in [-0.15, -0.1) is 0 Å². The van der Waals surface area contributed by atoms with Gasteiger partial charge in [0.2, 0.25) is 11.8 Å². The second-order valence-electron chi connectivity index (χ2n) is 11.4. The molecule has 5 rings (SSSR count). The topological polar surface area (TPSA) is 186 Å². The number of nitrogens with two attached hydrogens (primary N) is 3. The molecule has 3 aliphatic rings. The van der Waals surface area contributed by atoms with Crippen LogP contribution in [0.2, 0.25) is 0 Å². The quantitative estimate of drug-likeness (QED) is 0.363. The first-order chi connectivity index (χ1) is 19.0. The minimum absolute atomic E-state index is 0.106. The zero-order valence-corrected chi connectivity index (χ0v) is 22.8. The Hall–Kier alpha value is -3.81. The third-order valence-corrected chi connectivity index (χ3v) is 8.20. The van der Waals surface area contributed by atoms with Crippen LogP contribution in [0.3, 0.4) is 0 Å². The Morgan fingerprint density at radius 3 is 2.15 bits per heavy atom. The molecular formula is C27H37N9O4. The van der Waals surface area contributed by atoms with Gasteiger partial charge in [0.15, 0.2) is 0 Å². The van der Waals surface area contributed by atoms with E-state index in [-0.39, 0.29) is 17.6 Å². The first kappa shape index (κ1) is 27.7. The molecule has 4 atom stereocenters. The molecule has 13 heteroatoms. The normalized spacial score (nSPS) is 23.0. The third kappa shape index (κ3) is 5.44. The summed E-state index contributed by atoms with van der Waals surface area (Å²) in [5, 5.41) is 2.65. The molecule has 1 aliphatic carbocycles. The molecule has 13 nitrogen and oxygen atoms in total. The number of hydrogen-bond donors (Lipinski definition) is 4. The number of nitrogens with zero attached hydrogens (tertiary/aromatic N) is 5. The van der Waals surface area contributed by atoms with Gasteiger partial charge in [-0.25, -0.2) is 9.59 Å². The Morgan fingerprint density at radius 2 is 1.60 bits per heavy atom. The van der Waals surface area contributed by atoms with Crippen molar-refractivity contribution in [3.8, 4) is 5.69 Å². The minimum Gasteiger partial charge on any atom is -0.340 e. The molecule has 3 unspecified atom stereocenters. The van der Waals surface area contributed by atoms with Crippen molar-refractivity contribution in [3.63, 3.8) is 0 Å². The molecule has 1 aromatic heterocycles. The summed E-state index contributed by atoms with van der Waals surface area (Å²) in [5.74, 6) is 1.39. The predicted octanol–water partition coefficient (Wildman–Crippen LogP) is -0.691. The number of hydrogen-bond acceptors (Lipinski definition) is 8. The number of rotatable bonds is 6. The van der Waals surface area contributed by atoms with Crippen molar-refractivity contribution in [2.24, 2.45) is 35.0 Å². The van der Waals surface area contributed by atoms with Crippen LogP contribution in [0.25, 0.3) is 5.69 Å². The fourth-order valence-corrected chi connectivity index (χ4v) is 5.74. The van der Waals surface area contributed by atoms with Crippen molar-refractivity contribution < 1.29 is 14.4 Å². The highest BCUT2D eigenvalue weighted by Gasteiger charge is 2.55. The number of benzene rings is 1. The van der Waals surface area contributed by atoms with Crippen molar-refractivity contribution >= 4 is 23.7 Å². The van der Waals surface area contributed by atoms with Gasteiger partial charge in [-0.3, -0.25) is 19.5 Å². The van der Waals surface area contributed by atoms with E-state index in [1.807, 2.05) is 4.90 Å². The van der Waals surface area contributed by atoms with E-state index >= 15 is 0 Å². The molecule has 0 bridgehead atoms. The number of nitrogens with one attached hydrogen (secondary N) is 1. The second kappa shape index (κ2) is 10.6. The maximum Gasteiger partial charge on any atom is 0.354 e. The van der Waals surface area contributed by atoms with Gasteiger partial charge < -0.3 is 31.9 Å². The third-order valence-electron chi connectivity index (χ3n) is 8.20. The number of urea groups is 1. The van der Waals surface area contributed by atoms with Crippen LogP contribution < -0.4 is 28.2 Å². The zero-order chi connectivity index (χ0) is 28.8. The number of piperazine rings is 1. The number of aromatic nitrogens is 2. The van der Waals surface area contributed by atoms with Crippen LogP contribution in [0.4, 0.5) is 10.6 Å². The number of fused-ring (bicyclic) bond motifs is 1. The van der Waals surface area contributed by atoms with E-state index in [0.717, 1.165) is 0 Å². The van der Waals surface area contributed by atoms with Crippen molar-refractivity contribution in [2.75, 3.05) is 51.1 Å². The molecular weight excluding hydrogens is 514 g/mol. The summed E-state index contributed by atoms with van der Waals surface area (Å²) in [6, 6.07) is 7.23. The predicted molar refractivity (Wildman–Crippen MR) is 148 cm³/mol. The Morgan fingerprint density at radius 1 is 1.00 bits per heavy atom. The van der Waals surface area contributed by atoms with E-state index in [9.17, 15) is 19.2 Å². The number of likely N-dealkylation sites (tertiary alicyclic amines) is 1. The Kier molecular flexibility index (Phi) is 7.38. The SMILES string of the molecule is CC(C)(N)C(=O)N1CCN(C(=O)Nc2ccn(-c3ccc(C(N)C(=O)N4CC5C(CN)[C@H]5C4)cc3)c(=O)n2)CC1. The summed E-state index contributed by atoms with van der Waals surface area (Å²) in [6.45, 7) is 6.84. The molecule has 0 radical (unpaired) electrons. The molecule has 7 N–H and O–H groups in total. The van der Waals surface area contributed by atoms with E-state index < -0.39 is 23.3 Å². The molecule has 4 amide bonds. The van der Waals surface area contributed by atoms with Crippen LogP contribution in [0.15, 0.2) is 41.3 Å². The number of amides is 4. The van der Waals surface area contributed by atoms with Crippen LogP contribution in [0.5, 0.6) is 0 Å². The van der Waals surface area contributed by atoms with Gasteiger partial charge in [0.1, 0.15) is 11.9 Å². The van der Waals surface area contributed by atoms with E-state index in [4.69, 9.17) is 17.2 Å². The molecule has 1 aromatic carbocycles. The van der Waals surface area contributed by atoms with Gasteiger partial charge in [-0.2, -0.15) is 4.98 Å². The van der Waals surface area contributed by atoms with Gasteiger partial charge in [0.25, 0.3) is 0 Å². The van der Waals surface area contributed by atoms with E-state index in [2.05, 4.69) is 10.3 Å². The van der Waals surface area contributed by atoms with Crippen LogP contribution in [-0.4, -0.2) is 93.4 Å². The van der Waals surface area contributed by atoms with Crippen LogP contribution >= 0.6 is 0 Å². The zero-order valence-electron chi connectivity index (χ0n) is 22.8.